The van der Waals surface area contributed by atoms with Crippen LogP contribution in [0.3, 0.4) is 0 Å². The topological polar surface area (TPSA) is 27.3 Å². The molecule has 106 valence electrons. The predicted molar refractivity (Wildman–Crippen MR) is 76.6 cm³/mol. The molecule has 4 heteroatoms. The van der Waals surface area contributed by atoms with Crippen molar-refractivity contribution in [3.05, 3.63) is 35.6 Å². The van der Waals surface area contributed by atoms with Crippen LogP contribution in [0.1, 0.15) is 12.5 Å². The summed E-state index contributed by atoms with van der Waals surface area (Å²) < 4.78 is 12.8. The smallest absolute Gasteiger partial charge is 0.123 e. The van der Waals surface area contributed by atoms with Crippen LogP contribution in [0, 0.1) is 11.7 Å². The summed E-state index contributed by atoms with van der Waals surface area (Å²) >= 11 is 0. The first-order valence-corrected chi connectivity index (χ1v) is 7.12. The van der Waals surface area contributed by atoms with Crippen LogP contribution in [-0.4, -0.2) is 44.2 Å². The van der Waals surface area contributed by atoms with Gasteiger partial charge in [-0.25, -0.2) is 4.39 Å². The first kappa shape index (κ1) is 14.4. The molecule has 1 saturated heterocycles. The molecule has 1 heterocycles. The Hall–Kier alpha value is -0.970. The Morgan fingerprint density at radius 1 is 1.26 bits per heavy atom. The van der Waals surface area contributed by atoms with Gasteiger partial charge in [-0.1, -0.05) is 19.1 Å². The van der Waals surface area contributed by atoms with Crippen LogP contribution in [0.25, 0.3) is 0 Å². The zero-order chi connectivity index (χ0) is 13.5. The lowest BCUT2D eigenvalue weighted by Crippen LogP contribution is -2.45. The van der Waals surface area contributed by atoms with E-state index >= 15 is 0 Å². The van der Waals surface area contributed by atoms with Gasteiger partial charge in [0.15, 0.2) is 0 Å². The average molecular weight is 265 g/mol. The molecule has 0 bridgehead atoms. The number of hydrogen-bond donors (Lipinski definition) is 2. The van der Waals surface area contributed by atoms with Crippen molar-refractivity contribution >= 4 is 0 Å². The third-order valence-corrected chi connectivity index (χ3v) is 3.51. The largest absolute Gasteiger partial charge is 0.314 e. The van der Waals surface area contributed by atoms with Crippen molar-refractivity contribution in [1.82, 2.24) is 15.5 Å². The fraction of sp³-hybridized carbons (Fsp3) is 0.600. The van der Waals surface area contributed by atoms with E-state index in [0.717, 1.165) is 51.4 Å². The van der Waals surface area contributed by atoms with Crippen molar-refractivity contribution in [2.24, 2.45) is 5.92 Å². The molecule has 1 fully saturated rings. The first-order chi connectivity index (χ1) is 9.24. The quantitative estimate of drug-likeness (QED) is 0.815. The third kappa shape index (κ3) is 5.27. The lowest BCUT2D eigenvalue weighted by atomic mass is 10.1. The first-order valence-electron chi connectivity index (χ1n) is 7.12. The Morgan fingerprint density at radius 2 is 1.95 bits per heavy atom. The van der Waals surface area contributed by atoms with E-state index < -0.39 is 0 Å². The summed E-state index contributed by atoms with van der Waals surface area (Å²) in [5.41, 5.74) is 1.13. The SMILES string of the molecule is CC(CNCc1ccc(F)cc1)CN1CCNCC1. The van der Waals surface area contributed by atoms with Gasteiger partial charge in [0.2, 0.25) is 0 Å². The van der Waals surface area contributed by atoms with Crippen molar-refractivity contribution in [3.8, 4) is 0 Å². The molecule has 1 aromatic carbocycles. The van der Waals surface area contributed by atoms with Crippen LogP contribution in [0.2, 0.25) is 0 Å². The van der Waals surface area contributed by atoms with E-state index in [1.54, 1.807) is 0 Å². The highest BCUT2D eigenvalue weighted by molar-refractivity contribution is 5.15. The highest BCUT2D eigenvalue weighted by Crippen LogP contribution is 2.04. The van der Waals surface area contributed by atoms with Gasteiger partial charge in [0.1, 0.15) is 5.82 Å². The van der Waals surface area contributed by atoms with Gasteiger partial charge in [0.05, 0.1) is 0 Å². The molecule has 0 radical (unpaired) electrons. The van der Waals surface area contributed by atoms with E-state index in [1.807, 2.05) is 12.1 Å². The summed E-state index contributed by atoms with van der Waals surface area (Å²) in [6.07, 6.45) is 0. The molecule has 19 heavy (non-hydrogen) atoms. The molecule has 0 spiro atoms. The summed E-state index contributed by atoms with van der Waals surface area (Å²) in [5, 5.41) is 6.81. The molecule has 0 saturated carbocycles. The number of nitrogens with one attached hydrogen (secondary N) is 2. The minimum absolute atomic E-state index is 0.171. The van der Waals surface area contributed by atoms with Gasteiger partial charge in [-0.2, -0.15) is 0 Å². The van der Waals surface area contributed by atoms with Crippen LogP contribution >= 0.6 is 0 Å². The van der Waals surface area contributed by atoms with Crippen LogP contribution in [-0.2, 0) is 6.54 Å². The summed E-state index contributed by atoms with van der Waals surface area (Å²) in [6.45, 7) is 9.77. The van der Waals surface area contributed by atoms with Crippen LogP contribution < -0.4 is 10.6 Å². The number of benzene rings is 1. The van der Waals surface area contributed by atoms with Gasteiger partial charge in [0.25, 0.3) is 0 Å². The number of rotatable bonds is 6. The minimum atomic E-state index is -0.171. The molecular formula is C15H24FN3. The maximum atomic E-state index is 12.8. The lowest BCUT2D eigenvalue weighted by Gasteiger charge is -2.29. The van der Waals surface area contributed by atoms with Gasteiger partial charge in [-0.05, 0) is 30.2 Å². The zero-order valence-electron chi connectivity index (χ0n) is 11.7. The standard InChI is InChI=1S/C15H24FN3/c1-13(12-19-8-6-17-7-9-19)10-18-11-14-2-4-15(16)5-3-14/h2-5,13,17-18H,6-12H2,1H3. The lowest BCUT2D eigenvalue weighted by molar-refractivity contribution is 0.209. The molecule has 1 aromatic rings. The second-order valence-corrected chi connectivity index (χ2v) is 5.41. The molecule has 0 aliphatic carbocycles. The Bertz CT molecular complexity index is 360. The second-order valence-electron chi connectivity index (χ2n) is 5.41. The van der Waals surface area contributed by atoms with E-state index in [9.17, 15) is 4.39 Å². The number of halogens is 1. The highest BCUT2D eigenvalue weighted by atomic mass is 19.1. The number of hydrogen-bond acceptors (Lipinski definition) is 3. The van der Waals surface area contributed by atoms with Crippen molar-refractivity contribution in [2.75, 3.05) is 39.3 Å². The molecule has 1 atom stereocenters. The van der Waals surface area contributed by atoms with Crippen LogP contribution in [0.4, 0.5) is 4.39 Å². The average Bonchev–Trinajstić information content (AvgIpc) is 2.42. The van der Waals surface area contributed by atoms with E-state index in [-0.39, 0.29) is 5.82 Å². The maximum absolute atomic E-state index is 12.8. The normalized spacial score (nSPS) is 18.4. The number of nitrogens with zero attached hydrogens (tertiary/aromatic N) is 1. The number of piperazine rings is 1. The van der Waals surface area contributed by atoms with Gasteiger partial charge in [-0.3, -0.25) is 0 Å². The molecule has 1 unspecified atom stereocenters. The Balaban J connectivity index is 1.63. The Morgan fingerprint density at radius 3 is 2.63 bits per heavy atom. The predicted octanol–water partition coefficient (Wildman–Crippen LogP) is 1.46. The summed E-state index contributed by atoms with van der Waals surface area (Å²) in [4.78, 5) is 2.51. The monoisotopic (exact) mass is 265 g/mol. The summed E-state index contributed by atoms with van der Waals surface area (Å²) in [7, 11) is 0. The summed E-state index contributed by atoms with van der Waals surface area (Å²) in [5.74, 6) is 0.467. The summed E-state index contributed by atoms with van der Waals surface area (Å²) in [6, 6.07) is 6.70. The molecule has 3 nitrogen and oxygen atoms in total. The third-order valence-electron chi connectivity index (χ3n) is 3.51. The van der Waals surface area contributed by atoms with Crippen molar-refractivity contribution in [1.29, 1.82) is 0 Å². The maximum Gasteiger partial charge on any atom is 0.123 e. The fourth-order valence-electron chi connectivity index (χ4n) is 2.46. The Labute approximate surface area is 115 Å². The van der Waals surface area contributed by atoms with Gasteiger partial charge in [-0.15, -0.1) is 0 Å². The van der Waals surface area contributed by atoms with Crippen LogP contribution in [0.15, 0.2) is 24.3 Å². The van der Waals surface area contributed by atoms with E-state index in [0.29, 0.717) is 5.92 Å². The molecule has 1 aliphatic heterocycles. The minimum Gasteiger partial charge on any atom is -0.314 e. The molecular weight excluding hydrogens is 241 g/mol. The van der Waals surface area contributed by atoms with Gasteiger partial charge >= 0.3 is 0 Å². The van der Waals surface area contributed by atoms with E-state index in [2.05, 4.69) is 22.5 Å². The van der Waals surface area contributed by atoms with Crippen molar-refractivity contribution in [3.63, 3.8) is 0 Å². The second kappa shape index (κ2) is 7.58. The molecule has 0 aromatic heterocycles. The molecule has 1 aliphatic rings. The van der Waals surface area contributed by atoms with Gasteiger partial charge in [0, 0.05) is 39.3 Å². The molecule has 0 amide bonds. The van der Waals surface area contributed by atoms with Crippen molar-refractivity contribution < 1.29 is 4.39 Å². The highest BCUT2D eigenvalue weighted by Gasteiger charge is 2.12. The van der Waals surface area contributed by atoms with Gasteiger partial charge < -0.3 is 15.5 Å². The van der Waals surface area contributed by atoms with Crippen molar-refractivity contribution in [2.45, 2.75) is 13.5 Å². The Kier molecular flexibility index (Phi) is 5.76. The fourth-order valence-corrected chi connectivity index (χ4v) is 2.46. The molecule has 2 rings (SSSR count). The zero-order valence-corrected chi connectivity index (χ0v) is 11.7. The molecule has 2 N–H and O–H groups in total. The van der Waals surface area contributed by atoms with E-state index in [1.165, 1.54) is 12.1 Å². The van der Waals surface area contributed by atoms with Crippen LogP contribution in [0.5, 0.6) is 0 Å². The van der Waals surface area contributed by atoms with E-state index in [4.69, 9.17) is 0 Å².